The van der Waals surface area contributed by atoms with E-state index in [0.29, 0.717) is 15.7 Å². The number of carbonyl (C=O) groups is 1. The fourth-order valence-corrected chi connectivity index (χ4v) is 4.68. The average Bonchev–Trinajstić information content (AvgIpc) is 2.84. The van der Waals surface area contributed by atoms with Gasteiger partial charge >= 0.3 is 0 Å². The first-order chi connectivity index (χ1) is 10.6. The van der Waals surface area contributed by atoms with Crippen molar-refractivity contribution in [2.45, 2.75) is 15.7 Å². The van der Waals surface area contributed by atoms with E-state index in [4.69, 9.17) is 28.9 Å². The summed E-state index contributed by atoms with van der Waals surface area (Å²) in [6, 6.07) is 9.06. The Morgan fingerprint density at radius 3 is 2.86 bits per heavy atom. The molecule has 3 nitrogen and oxygen atoms in total. The molecule has 0 radical (unpaired) electrons. The fourth-order valence-electron chi connectivity index (χ4n) is 2.04. The zero-order valence-corrected chi connectivity index (χ0v) is 14.3. The second-order valence-electron chi connectivity index (χ2n) is 4.56. The fraction of sp³-hybridized carbons (Fsp3) is 0.0667. The van der Waals surface area contributed by atoms with Crippen molar-refractivity contribution in [3.8, 4) is 0 Å². The van der Waals surface area contributed by atoms with Crippen LogP contribution in [-0.4, -0.2) is 11.3 Å². The molecule has 0 unspecified atom stereocenters. The van der Waals surface area contributed by atoms with Crippen LogP contribution in [-0.2, 0) is 11.2 Å². The van der Waals surface area contributed by atoms with Crippen LogP contribution in [0.2, 0.25) is 10.0 Å². The van der Waals surface area contributed by atoms with Gasteiger partial charge in [0.25, 0.3) is 0 Å². The summed E-state index contributed by atoms with van der Waals surface area (Å²) in [6.45, 7) is 0. The molecule has 22 heavy (non-hydrogen) atoms. The van der Waals surface area contributed by atoms with E-state index in [1.165, 1.54) is 11.8 Å². The predicted molar refractivity (Wildman–Crippen MR) is 94.4 cm³/mol. The molecule has 3 rings (SSSR count). The van der Waals surface area contributed by atoms with Crippen molar-refractivity contribution >= 4 is 68.5 Å². The highest BCUT2D eigenvalue weighted by Gasteiger charge is 2.13. The van der Waals surface area contributed by atoms with Gasteiger partial charge in [0.1, 0.15) is 6.29 Å². The van der Waals surface area contributed by atoms with Gasteiger partial charge in [-0.2, -0.15) is 0 Å². The van der Waals surface area contributed by atoms with Crippen LogP contribution in [0, 0.1) is 0 Å². The maximum atomic E-state index is 10.9. The van der Waals surface area contributed by atoms with Gasteiger partial charge < -0.3 is 10.5 Å². The minimum atomic E-state index is 0.268. The quantitative estimate of drug-likeness (QED) is 0.515. The highest BCUT2D eigenvalue weighted by Crippen LogP contribution is 2.41. The molecule has 0 saturated carbocycles. The summed E-state index contributed by atoms with van der Waals surface area (Å²) in [4.78, 5) is 16.2. The summed E-state index contributed by atoms with van der Waals surface area (Å²) in [5, 5.41) is 1.18. The summed E-state index contributed by atoms with van der Waals surface area (Å²) in [5.74, 6) is 0. The molecule has 2 aromatic carbocycles. The van der Waals surface area contributed by atoms with Crippen LogP contribution < -0.4 is 5.73 Å². The predicted octanol–water partition coefficient (Wildman–Crippen LogP) is 5.08. The second-order valence-corrected chi connectivity index (χ2v) is 7.69. The number of fused-ring (bicyclic) bond motifs is 1. The molecule has 0 atom stereocenters. The van der Waals surface area contributed by atoms with Crippen LogP contribution in [0.15, 0.2) is 39.6 Å². The van der Waals surface area contributed by atoms with E-state index in [1.54, 1.807) is 23.5 Å². The molecular weight excluding hydrogens is 359 g/mol. The number of hydrogen-bond acceptors (Lipinski definition) is 5. The Balaban J connectivity index is 2.02. The maximum Gasteiger partial charge on any atom is 0.155 e. The number of halogens is 2. The van der Waals surface area contributed by atoms with Crippen molar-refractivity contribution in [2.75, 3.05) is 5.73 Å². The Bertz CT molecular complexity index is 864. The monoisotopic (exact) mass is 368 g/mol. The maximum absolute atomic E-state index is 10.9. The molecule has 0 amide bonds. The standard InChI is InChI=1S/C15H10Cl2N2OS2/c16-9-1-2-13-12(6-9)19-15(21-13)22-14-8(3-4-20)5-10(18)7-11(14)17/h1-2,4-7H,3,18H2. The highest BCUT2D eigenvalue weighted by atomic mass is 35.5. The largest absolute Gasteiger partial charge is 0.399 e. The number of rotatable bonds is 4. The third-order valence-corrected chi connectivity index (χ3v) is 5.89. The molecular formula is C15H10Cl2N2OS2. The zero-order valence-electron chi connectivity index (χ0n) is 11.2. The lowest BCUT2D eigenvalue weighted by Crippen LogP contribution is -1.94. The molecule has 0 aliphatic rings. The van der Waals surface area contributed by atoms with Crippen molar-refractivity contribution in [1.29, 1.82) is 0 Å². The highest BCUT2D eigenvalue weighted by molar-refractivity contribution is 8.01. The molecule has 1 aromatic heterocycles. The summed E-state index contributed by atoms with van der Waals surface area (Å²) in [7, 11) is 0. The van der Waals surface area contributed by atoms with Gasteiger partial charge in [-0.25, -0.2) is 4.98 Å². The van der Waals surface area contributed by atoms with Gasteiger partial charge in [-0.15, -0.1) is 11.3 Å². The van der Waals surface area contributed by atoms with Gasteiger partial charge in [-0.05, 0) is 35.9 Å². The Morgan fingerprint density at radius 1 is 1.27 bits per heavy atom. The van der Waals surface area contributed by atoms with Crippen LogP contribution in [0.4, 0.5) is 5.69 Å². The lowest BCUT2D eigenvalue weighted by molar-refractivity contribution is -0.107. The Hall–Kier alpha value is -1.27. The number of carbonyl (C=O) groups excluding carboxylic acids is 1. The Morgan fingerprint density at radius 2 is 2.09 bits per heavy atom. The molecule has 0 spiro atoms. The summed E-state index contributed by atoms with van der Waals surface area (Å²) in [5.41, 5.74) is 7.99. The second kappa shape index (κ2) is 6.46. The third-order valence-electron chi connectivity index (χ3n) is 2.97. The van der Waals surface area contributed by atoms with Crippen molar-refractivity contribution in [2.24, 2.45) is 0 Å². The molecule has 2 N–H and O–H groups in total. The Labute approximate surface area is 145 Å². The van der Waals surface area contributed by atoms with E-state index in [0.717, 1.165) is 31.3 Å². The molecule has 1 heterocycles. The minimum absolute atomic E-state index is 0.268. The molecule has 7 heteroatoms. The average molecular weight is 369 g/mol. The number of nitrogens with two attached hydrogens (primary N) is 1. The first kappa shape index (κ1) is 15.6. The molecule has 112 valence electrons. The molecule has 0 saturated heterocycles. The number of nitrogens with zero attached hydrogens (tertiary/aromatic N) is 1. The van der Waals surface area contributed by atoms with Gasteiger partial charge in [0.15, 0.2) is 4.34 Å². The molecule has 0 bridgehead atoms. The number of thiazole rings is 1. The summed E-state index contributed by atoms with van der Waals surface area (Å²) >= 11 is 15.3. The van der Waals surface area contributed by atoms with Gasteiger partial charge in [0, 0.05) is 22.0 Å². The van der Waals surface area contributed by atoms with E-state index < -0.39 is 0 Å². The normalized spacial score (nSPS) is 11.0. The molecule has 0 aliphatic carbocycles. The summed E-state index contributed by atoms with van der Waals surface area (Å²) in [6.07, 6.45) is 1.11. The molecule has 0 fully saturated rings. The zero-order chi connectivity index (χ0) is 15.7. The first-order valence-electron chi connectivity index (χ1n) is 6.32. The first-order valence-corrected chi connectivity index (χ1v) is 8.71. The van der Waals surface area contributed by atoms with E-state index >= 15 is 0 Å². The van der Waals surface area contributed by atoms with Crippen molar-refractivity contribution in [1.82, 2.24) is 4.98 Å². The van der Waals surface area contributed by atoms with Gasteiger partial charge in [0.05, 0.1) is 15.2 Å². The topological polar surface area (TPSA) is 56.0 Å². The summed E-state index contributed by atoms with van der Waals surface area (Å²) < 4.78 is 1.89. The van der Waals surface area contributed by atoms with Gasteiger partial charge in [-0.3, -0.25) is 0 Å². The third kappa shape index (κ3) is 3.22. The number of anilines is 1. The van der Waals surface area contributed by atoms with E-state index in [-0.39, 0.29) is 6.42 Å². The number of benzene rings is 2. The van der Waals surface area contributed by atoms with Crippen molar-refractivity contribution in [3.05, 3.63) is 45.9 Å². The number of aromatic nitrogens is 1. The smallest absolute Gasteiger partial charge is 0.155 e. The van der Waals surface area contributed by atoms with Crippen LogP contribution >= 0.6 is 46.3 Å². The van der Waals surface area contributed by atoms with Gasteiger partial charge in [0.2, 0.25) is 0 Å². The van der Waals surface area contributed by atoms with E-state index in [2.05, 4.69) is 4.98 Å². The van der Waals surface area contributed by atoms with Crippen LogP contribution in [0.5, 0.6) is 0 Å². The Kier molecular flexibility index (Phi) is 4.59. The van der Waals surface area contributed by atoms with E-state index in [1.807, 2.05) is 18.2 Å². The number of aldehydes is 1. The van der Waals surface area contributed by atoms with Gasteiger partial charge in [-0.1, -0.05) is 35.0 Å². The minimum Gasteiger partial charge on any atom is -0.399 e. The molecule has 0 aliphatic heterocycles. The van der Waals surface area contributed by atoms with Crippen LogP contribution in [0.25, 0.3) is 10.2 Å². The van der Waals surface area contributed by atoms with Crippen molar-refractivity contribution in [3.63, 3.8) is 0 Å². The lowest BCUT2D eigenvalue weighted by atomic mass is 10.1. The van der Waals surface area contributed by atoms with Crippen LogP contribution in [0.3, 0.4) is 0 Å². The van der Waals surface area contributed by atoms with Crippen molar-refractivity contribution < 1.29 is 4.79 Å². The number of hydrogen-bond donors (Lipinski definition) is 1. The SMILES string of the molecule is Nc1cc(Cl)c(Sc2nc3cc(Cl)ccc3s2)c(CC=O)c1. The van der Waals surface area contributed by atoms with Crippen LogP contribution in [0.1, 0.15) is 5.56 Å². The molecule has 3 aromatic rings. The number of nitrogen functional groups attached to an aromatic ring is 1. The van der Waals surface area contributed by atoms with E-state index in [9.17, 15) is 4.79 Å². The lowest BCUT2D eigenvalue weighted by Gasteiger charge is -2.09.